The third kappa shape index (κ3) is 1.88. The molecule has 1 heterocycles. The van der Waals surface area contributed by atoms with Crippen LogP contribution in [0, 0.1) is 5.92 Å². The van der Waals surface area contributed by atoms with Gasteiger partial charge in [0, 0.05) is 0 Å². The Kier molecular flexibility index (Phi) is 2.49. The van der Waals surface area contributed by atoms with Crippen LogP contribution in [-0.2, 0) is 9.84 Å². The van der Waals surface area contributed by atoms with Crippen molar-refractivity contribution in [3.8, 4) is 0 Å². The number of alkyl halides is 1. The van der Waals surface area contributed by atoms with E-state index >= 15 is 0 Å². The lowest BCUT2D eigenvalue weighted by Gasteiger charge is -2.28. The molecule has 0 N–H and O–H groups in total. The van der Waals surface area contributed by atoms with E-state index in [9.17, 15) is 8.42 Å². The summed E-state index contributed by atoms with van der Waals surface area (Å²) >= 11 is 5.84. The summed E-state index contributed by atoms with van der Waals surface area (Å²) in [5.41, 5.74) is 0. The summed E-state index contributed by atoms with van der Waals surface area (Å²) in [6.07, 6.45) is 0.705. The summed E-state index contributed by atoms with van der Waals surface area (Å²) in [6.45, 7) is 3.76. The number of halogens is 1. The summed E-state index contributed by atoms with van der Waals surface area (Å²) in [5.74, 6) is 0.479. The average Bonchev–Trinajstić information content (AvgIpc) is 1.83. The van der Waals surface area contributed by atoms with Crippen molar-refractivity contribution in [1.82, 2.24) is 0 Å². The van der Waals surface area contributed by atoms with Gasteiger partial charge in [0.2, 0.25) is 0 Å². The molecule has 0 aliphatic carbocycles. The van der Waals surface area contributed by atoms with Gasteiger partial charge in [-0.3, -0.25) is 0 Å². The van der Waals surface area contributed by atoms with Gasteiger partial charge in [0.05, 0.1) is 16.4 Å². The van der Waals surface area contributed by atoms with E-state index in [4.69, 9.17) is 11.6 Å². The van der Waals surface area contributed by atoms with Crippen molar-refractivity contribution >= 4 is 21.4 Å². The molecule has 0 bridgehead atoms. The minimum Gasteiger partial charge on any atom is -0.229 e. The second-order valence-electron chi connectivity index (χ2n) is 3.37. The zero-order valence-corrected chi connectivity index (χ0v) is 8.32. The molecular formula is C7H13ClO2S. The van der Waals surface area contributed by atoms with E-state index in [1.54, 1.807) is 6.92 Å². The largest absolute Gasteiger partial charge is 0.229 e. The fourth-order valence-electron chi connectivity index (χ4n) is 1.37. The molecule has 0 radical (unpaired) electrons. The third-order valence-corrected chi connectivity index (χ3v) is 5.34. The van der Waals surface area contributed by atoms with Gasteiger partial charge < -0.3 is 0 Å². The molecule has 1 aliphatic heterocycles. The maximum Gasteiger partial charge on any atom is 0.154 e. The summed E-state index contributed by atoms with van der Waals surface area (Å²) in [5, 5.41) is -0.385. The Balaban J connectivity index is 2.79. The highest BCUT2D eigenvalue weighted by atomic mass is 35.5. The lowest BCUT2D eigenvalue weighted by Crippen LogP contribution is -2.37. The quantitative estimate of drug-likeness (QED) is 0.550. The maximum atomic E-state index is 11.3. The zero-order valence-electron chi connectivity index (χ0n) is 6.75. The molecule has 0 aromatic heterocycles. The van der Waals surface area contributed by atoms with Gasteiger partial charge in [-0.1, -0.05) is 6.92 Å². The van der Waals surface area contributed by atoms with E-state index in [2.05, 4.69) is 0 Å². The first-order valence-corrected chi connectivity index (χ1v) is 5.94. The number of hydrogen-bond donors (Lipinski definition) is 0. The summed E-state index contributed by atoms with van der Waals surface area (Å²) in [7, 11) is -2.88. The van der Waals surface area contributed by atoms with Crippen molar-refractivity contribution in [1.29, 1.82) is 0 Å². The van der Waals surface area contributed by atoms with Crippen molar-refractivity contribution < 1.29 is 8.42 Å². The Morgan fingerprint density at radius 1 is 1.36 bits per heavy atom. The normalized spacial score (nSPS) is 43.7. The first-order chi connectivity index (χ1) is 4.93. The highest BCUT2D eigenvalue weighted by molar-refractivity contribution is 7.92. The Morgan fingerprint density at radius 2 is 1.91 bits per heavy atom. The Labute approximate surface area is 72.9 Å². The van der Waals surface area contributed by atoms with Gasteiger partial charge in [0.1, 0.15) is 0 Å². The molecule has 0 aromatic rings. The fourth-order valence-corrected chi connectivity index (χ4v) is 3.70. The predicted octanol–water partition coefficient (Wildman–Crippen LogP) is 1.44. The van der Waals surface area contributed by atoms with E-state index in [0.717, 1.165) is 0 Å². The van der Waals surface area contributed by atoms with Crippen LogP contribution in [0.15, 0.2) is 0 Å². The first kappa shape index (κ1) is 9.33. The minimum atomic E-state index is -2.88. The highest BCUT2D eigenvalue weighted by Gasteiger charge is 2.34. The van der Waals surface area contributed by atoms with Crippen LogP contribution in [0.5, 0.6) is 0 Å². The number of hydrogen-bond acceptors (Lipinski definition) is 2. The molecule has 1 fully saturated rings. The first-order valence-electron chi connectivity index (χ1n) is 3.79. The maximum absolute atomic E-state index is 11.3. The van der Waals surface area contributed by atoms with Gasteiger partial charge in [-0.15, -0.1) is 11.6 Å². The molecular weight excluding hydrogens is 184 g/mol. The molecule has 0 aromatic carbocycles. The SMILES string of the molecule is CC1CC(C)S(=O)(=O)CC1Cl. The van der Waals surface area contributed by atoms with E-state index in [-0.39, 0.29) is 16.4 Å². The van der Waals surface area contributed by atoms with Crippen molar-refractivity contribution in [2.75, 3.05) is 5.75 Å². The Morgan fingerprint density at radius 3 is 2.36 bits per heavy atom. The van der Waals surface area contributed by atoms with Crippen LogP contribution in [0.4, 0.5) is 0 Å². The zero-order chi connectivity index (χ0) is 8.65. The van der Waals surface area contributed by atoms with Crippen LogP contribution in [0.3, 0.4) is 0 Å². The second-order valence-corrected chi connectivity index (χ2v) is 6.39. The topological polar surface area (TPSA) is 34.1 Å². The van der Waals surface area contributed by atoms with Crippen LogP contribution < -0.4 is 0 Å². The molecule has 3 unspecified atom stereocenters. The van der Waals surface area contributed by atoms with Gasteiger partial charge in [-0.25, -0.2) is 8.42 Å². The standard InChI is InChI=1S/C7H13ClO2S/c1-5-3-6(2)11(9,10)4-7(5)8/h5-7H,3-4H2,1-2H3. The second kappa shape index (κ2) is 2.94. The average molecular weight is 197 g/mol. The smallest absolute Gasteiger partial charge is 0.154 e. The third-order valence-electron chi connectivity index (χ3n) is 2.33. The molecule has 1 aliphatic rings. The van der Waals surface area contributed by atoms with Crippen molar-refractivity contribution in [2.45, 2.75) is 30.9 Å². The van der Waals surface area contributed by atoms with Crippen LogP contribution in [0.25, 0.3) is 0 Å². The van der Waals surface area contributed by atoms with E-state index < -0.39 is 9.84 Å². The van der Waals surface area contributed by atoms with Gasteiger partial charge in [0.15, 0.2) is 9.84 Å². The number of sulfone groups is 1. The summed E-state index contributed by atoms with van der Waals surface area (Å²) < 4.78 is 22.5. The monoisotopic (exact) mass is 196 g/mol. The van der Waals surface area contributed by atoms with E-state index in [0.29, 0.717) is 12.3 Å². The van der Waals surface area contributed by atoms with Crippen LogP contribution in [-0.4, -0.2) is 24.8 Å². The van der Waals surface area contributed by atoms with Crippen LogP contribution >= 0.6 is 11.6 Å². The molecule has 4 heteroatoms. The predicted molar refractivity (Wildman–Crippen MR) is 46.7 cm³/mol. The summed E-state index contributed by atoms with van der Waals surface area (Å²) in [4.78, 5) is 0. The lowest BCUT2D eigenvalue weighted by molar-refractivity contribution is 0.470. The van der Waals surface area contributed by atoms with Crippen LogP contribution in [0.1, 0.15) is 20.3 Å². The number of rotatable bonds is 0. The van der Waals surface area contributed by atoms with Crippen molar-refractivity contribution in [2.24, 2.45) is 5.92 Å². The Bertz CT molecular complexity index is 235. The van der Waals surface area contributed by atoms with Crippen molar-refractivity contribution in [3.63, 3.8) is 0 Å². The highest BCUT2D eigenvalue weighted by Crippen LogP contribution is 2.27. The van der Waals surface area contributed by atoms with Crippen LogP contribution in [0.2, 0.25) is 0 Å². The van der Waals surface area contributed by atoms with Gasteiger partial charge in [0.25, 0.3) is 0 Å². The van der Waals surface area contributed by atoms with E-state index in [1.807, 2.05) is 6.92 Å². The molecule has 66 valence electrons. The fraction of sp³-hybridized carbons (Fsp3) is 1.00. The summed E-state index contributed by atoms with van der Waals surface area (Å²) in [6, 6.07) is 0. The van der Waals surface area contributed by atoms with E-state index in [1.165, 1.54) is 0 Å². The molecule has 2 nitrogen and oxygen atoms in total. The molecule has 0 spiro atoms. The minimum absolute atomic E-state index is 0.150. The molecule has 3 atom stereocenters. The molecule has 11 heavy (non-hydrogen) atoms. The van der Waals surface area contributed by atoms with Gasteiger partial charge in [-0.05, 0) is 19.3 Å². The molecule has 1 rings (SSSR count). The Hall–Kier alpha value is 0.240. The lowest BCUT2D eigenvalue weighted by atomic mass is 10.0. The van der Waals surface area contributed by atoms with Gasteiger partial charge >= 0.3 is 0 Å². The van der Waals surface area contributed by atoms with Crippen molar-refractivity contribution in [3.05, 3.63) is 0 Å². The molecule has 0 amide bonds. The molecule has 1 saturated heterocycles. The molecule has 0 saturated carbocycles. The van der Waals surface area contributed by atoms with Gasteiger partial charge in [-0.2, -0.15) is 0 Å².